The highest BCUT2D eigenvalue weighted by molar-refractivity contribution is 8.00. The fourth-order valence-corrected chi connectivity index (χ4v) is 7.96. The molecule has 0 saturated carbocycles. The number of aliphatic hydroxyl groups is 1. The number of carboxylic acid groups (broad SMARTS) is 1. The molecule has 6 rings (SSSR count). The number of rotatable bonds is 10. The maximum Gasteiger partial charge on any atom is 0.407 e. The number of aliphatic hydroxyl groups excluding tert-OH is 1. The van der Waals surface area contributed by atoms with Crippen molar-refractivity contribution in [2.45, 2.75) is 61.0 Å². The van der Waals surface area contributed by atoms with E-state index in [-0.39, 0.29) is 30.0 Å². The molecule has 21 heteroatoms. The first-order valence-corrected chi connectivity index (χ1v) is 17.2. The number of esters is 2. The van der Waals surface area contributed by atoms with E-state index in [0.717, 1.165) is 42.6 Å². The Balaban J connectivity index is 1.35. The van der Waals surface area contributed by atoms with Gasteiger partial charge in [0.25, 0.3) is 0 Å². The standard InChI is InChI=1S/C33H33F4N7O9S/c1-15(45)51-14-25-30(52-16(2)46)28(44-11-23(39-41-44)18-8-20(35)27(37)21(36)9-18)31(50-3)32(53-25)54-26-13-42(33(48)49)12-24(29(26)47)43-10-22(38-40-43)17-5-4-6-19(34)7-17/h4-11,24-26,28-32,47H,12-14H2,1-3H3,(H,48,49)/t24-,25+,26+,28-,29+,30-,31+,32-/m0/s1. The minimum atomic E-state index is -1.68. The molecule has 16 nitrogen and oxygen atoms in total. The molecule has 0 radical (unpaired) electrons. The molecule has 2 aromatic carbocycles. The molecule has 288 valence electrons. The van der Waals surface area contributed by atoms with Crippen molar-refractivity contribution in [3.05, 3.63) is 72.1 Å². The van der Waals surface area contributed by atoms with Crippen molar-refractivity contribution in [1.82, 2.24) is 34.9 Å². The molecule has 8 atom stereocenters. The summed E-state index contributed by atoms with van der Waals surface area (Å²) in [4.78, 5) is 37.7. The van der Waals surface area contributed by atoms with Crippen molar-refractivity contribution in [3.63, 3.8) is 0 Å². The average Bonchev–Trinajstić information content (AvgIpc) is 3.82. The van der Waals surface area contributed by atoms with Crippen molar-refractivity contribution in [3.8, 4) is 22.5 Å². The number of nitrogens with zero attached hydrogens (tertiary/aromatic N) is 7. The summed E-state index contributed by atoms with van der Waals surface area (Å²) in [5.41, 5.74) is -0.689. The lowest BCUT2D eigenvalue weighted by molar-refractivity contribution is -0.208. The molecule has 4 aromatic rings. The molecule has 54 heavy (non-hydrogen) atoms. The van der Waals surface area contributed by atoms with Gasteiger partial charge in [-0.1, -0.05) is 22.6 Å². The molecule has 2 saturated heterocycles. The van der Waals surface area contributed by atoms with Gasteiger partial charge >= 0.3 is 18.0 Å². The summed E-state index contributed by atoms with van der Waals surface area (Å²) >= 11 is 0.976. The first-order chi connectivity index (χ1) is 25.7. The molecule has 0 bridgehead atoms. The summed E-state index contributed by atoms with van der Waals surface area (Å²) in [7, 11) is 1.31. The SMILES string of the molecule is CO[C@@H]1[C@@H](n2cc(-c3cc(F)c(F)c(F)c3)nn2)[C@@H](OC(C)=O)[C@@H](COC(C)=O)O[C@H]1S[C@@H]1CN(C(=O)O)C[C@H](n2cc(-c3cccc(F)c3)nn2)[C@H]1O. The van der Waals surface area contributed by atoms with Gasteiger partial charge in [-0.25, -0.2) is 31.7 Å². The van der Waals surface area contributed by atoms with Crippen LogP contribution in [0.3, 0.4) is 0 Å². The van der Waals surface area contributed by atoms with Crippen LogP contribution in [0.15, 0.2) is 48.8 Å². The van der Waals surface area contributed by atoms with Gasteiger partial charge in [0.2, 0.25) is 0 Å². The molecule has 1 amide bonds. The van der Waals surface area contributed by atoms with Crippen molar-refractivity contribution < 1.29 is 61.1 Å². The quantitative estimate of drug-likeness (QED) is 0.135. The van der Waals surface area contributed by atoms with Crippen LogP contribution in [-0.2, 0) is 28.5 Å². The lowest BCUT2D eigenvalue weighted by atomic mass is 9.96. The van der Waals surface area contributed by atoms with Gasteiger partial charge in [0.05, 0.1) is 29.8 Å². The van der Waals surface area contributed by atoms with Crippen LogP contribution < -0.4 is 0 Å². The first kappa shape index (κ1) is 38.6. The highest BCUT2D eigenvalue weighted by Gasteiger charge is 2.52. The third-order valence-electron chi connectivity index (χ3n) is 8.87. The van der Waals surface area contributed by atoms with Gasteiger partial charge in [0, 0.05) is 45.2 Å². The van der Waals surface area contributed by atoms with E-state index in [0.29, 0.717) is 5.56 Å². The number of likely N-dealkylation sites (tertiary alicyclic amines) is 1. The van der Waals surface area contributed by atoms with Crippen LogP contribution in [-0.4, -0.2) is 125 Å². The topological polar surface area (TPSA) is 193 Å². The molecule has 2 aliphatic rings. The zero-order chi connectivity index (χ0) is 38.8. The molecule has 0 unspecified atom stereocenters. The maximum atomic E-state index is 14.1. The maximum absolute atomic E-state index is 14.1. The van der Waals surface area contributed by atoms with Crippen LogP contribution in [0, 0.1) is 23.3 Å². The van der Waals surface area contributed by atoms with Crippen molar-refractivity contribution in [1.29, 1.82) is 0 Å². The molecule has 0 spiro atoms. The van der Waals surface area contributed by atoms with Crippen molar-refractivity contribution >= 4 is 29.8 Å². The number of benzene rings is 2. The highest BCUT2D eigenvalue weighted by atomic mass is 32.2. The van der Waals surface area contributed by atoms with E-state index >= 15 is 0 Å². The molecule has 4 heterocycles. The predicted molar refractivity (Wildman–Crippen MR) is 177 cm³/mol. The van der Waals surface area contributed by atoms with Crippen molar-refractivity contribution in [2.75, 3.05) is 26.8 Å². The Kier molecular flexibility index (Phi) is 11.5. The van der Waals surface area contributed by atoms with E-state index in [4.69, 9.17) is 18.9 Å². The number of carbonyl (C=O) groups is 3. The molecular formula is C33H33F4N7O9S. The Hall–Kier alpha value is -5.12. The monoisotopic (exact) mass is 779 g/mol. The highest BCUT2D eigenvalue weighted by Crippen LogP contribution is 2.42. The van der Waals surface area contributed by atoms with Gasteiger partial charge in [-0.15, -0.1) is 22.0 Å². The summed E-state index contributed by atoms with van der Waals surface area (Å²) in [5.74, 6) is -6.57. The lowest BCUT2D eigenvalue weighted by Crippen LogP contribution is -2.59. The zero-order valence-electron chi connectivity index (χ0n) is 28.7. The minimum absolute atomic E-state index is 0.0930. The number of thioether (sulfide) groups is 1. The van der Waals surface area contributed by atoms with Gasteiger partial charge in [-0.05, 0) is 24.3 Å². The second-order valence-electron chi connectivity index (χ2n) is 12.5. The van der Waals surface area contributed by atoms with Crippen LogP contribution in [0.1, 0.15) is 25.9 Å². The number of carbonyl (C=O) groups excluding carboxylic acids is 2. The second kappa shape index (κ2) is 16.1. The van der Waals surface area contributed by atoms with Crippen LogP contribution in [0.25, 0.3) is 22.5 Å². The normalized spacial score (nSPS) is 25.7. The predicted octanol–water partition coefficient (Wildman–Crippen LogP) is 3.23. The minimum Gasteiger partial charge on any atom is -0.465 e. The Morgan fingerprint density at radius 1 is 0.926 bits per heavy atom. The van der Waals surface area contributed by atoms with E-state index in [9.17, 15) is 42.2 Å². The number of ether oxygens (including phenoxy) is 4. The van der Waals surface area contributed by atoms with Crippen LogP contribution in [0.4, 0.5) is 22.4 Å². The fourth-order valence-electron chi connectivity index (χ4n) is 6.38. The van der Waals surface area contributed by atoms with E-state index in [1.807, 2.05) is 0 Å². The number of hydrogen-bond acceptors (Lipinski definition) is 13. The van der Waals surface area contributed by atoms with Gasteiger partial charge in [0.15, 0.2) is 23.6 Å². The average molecular weight is 780 g/mol. The number of piperidine rings is 1. The first-order valence-electron chi connectivity index (χ1n) is 16.3. The third-order valence-corrected chi connectivity index (χ3v) is 10.3. The Morgan fingerprint density at radius 2 is 1.59 bits per heavy atom. The number of hydrogen-bond donors (Lipinski definition) is 2. The van der Waals surface area contributed by atoms with Crippen LogP contribution in [0.2, 0.25) is 0 Å². The molecule has 2 fully saturated rings. The Labute approximate surface area is 307 Å². The van der Waals surface area contributed by atoms with Crippen molar-refractivity contribution in [2.24, 2.45) is 0 Å². The molecule has 2 N–H and O–H groups in total. The summed E-state index contributed by atoms with van der Waals surface area (Å²) in [6.45, 7) is 1.46. The summed E-state index contributed by atoms with van der Waals surface area (Å²) in [5, 5.41) is 37.2. The lowest BCUT2D eigenvalue weighted by Gasteiger charge is -2.47. The van der Waals surface area contributed by atoms with Crippen LogP contribution in [0.5, 0.6) is 0 Å². The smallest absolute Gasteiger partial charge is 0.407 e. The van der Waals surface area contributed by atoms with E-state index < -0.39 is 95.1 Å². The number of halogens is 4. The Morgan fingerprint density at radius 3 is 2.22 bits per heavy atom. The summed E-state index contributed by atoms with van der Waals surface area (Å²) < 4.78 is 81.5. The third kappa shape index (κ3) is 8.17. The Bertz CT molecular complexity index is 2000. The number of aromatic nitrogens is 6. The van der Waals surface area contributed by atoms with Gasteiger partial charge in [0.1, 0.15) is 47.5 Å². The number of amides is 1. The van der Waals surface area contributed by atoms with Gasteiger partial charge in [-0.3, -0.25) is 9.59 Å². The van der Waals surface area contributed by atoms with E-state index in [1.165, 1.54) is 47.1 Å². The molecule has 0 aliphatic carbocycles. The molecule has 2 aromatic heterocycles. The second-order valence-corrected chi connectivity index (χ2v) is 13.8. The molecule has 2 aliphatic heterocycles. The zero-order valence-corrected chi connectivity index (χ0v) is 29.5. The van der Waals surface area contributed by atoms with E-state index in [1.54, 1.807) is 6.07 Å². The number of methoxy groups -OCH3 is 1. The van der Waals surface area contributed by atoms with Crippen LogP contribution >= 0.6 is 11.8 Å². The van der Waals surface area contributed by atoms with Gasteiger partial charge in [-0.2, -0.15) is 0 Å². The summed E-state index contributed by atoms with van der Waals surface area (Å²) in [6, 6.07) is 4.95. The summed E-state index contributed by atoms with van der Waals surface area (Å²) in [6.07, 6.45) is -3.46. The van der Waals surface area contributed by atoms with E-state index in [2.05, 4.69) is 20.6 Å². The fraction of sp³-hybridized carbons (Fsp3) is 0.424. The molecular weight excluding hydrogens is 746 g/mol. The largest absolute Gasteiger partial charge is 0.465 e. The van der Waals surface area contributed by atoms with Gasteiger partial charge < -0.3 is 34.1 Å².